The molecule has 0 aliphatic heterocycles. The molecule has 0 bridgehead atoms. The average Bonchev–Trinajstić information content (AvgIpc) is 2.61. The first kappa shape index (κ1) is 17.9. The van der Waals surface area contributed by atoms with Gasteiger partial charge in [-0.05, 0) is 18.4 Å². The molecule has 1 aromatic rings. The summed E-state index contributed by atoms with van der Waals surface area (Å²) in [6.45, 7) is 0. The quantitative estimate of drug-likeness (QED) is 0.489. The van der Waals surface area contributed by atoms with Crippen LogP contribution < -0.4 is 5.32 Å². The van der Waals surface area contributed by atoms with Crippen LogP contribution in [0.15, 0.2) is 24.3 Å². The van der Waals surface area contributed by atoms with Crippen LogP contribution in [-0.2, 0) is 20.7 Å². The Morgan fingerprint density at radius 1 is 1.25 bits per heavy atom. The van der Waals surface area contributed by atoms with E-state index in [1.165, 1.54) is 19.2 Å². The number of esters is 1. The van der Waals surface area contributed by atoms with Gasteiger partial charge in [0, 0.05) is 24.5 Å². The Morgan fingerprint density at radius 2 is 1.88 bits per heavy atom. The van der Waals surface area contributed by atoms with Gasteiger partial charge in [0.05, 0.1) is 12.0 Å². The third-order valence-corrected chi connectivity index (χ3v) is 4.37. The summed E-state index contributed by atoms with van der Waals surface area (Å²) in [4.78, 5) is 34.5. The molecule has 0 aromatic heterocycles. The van der Waals surface area contributed by atoms with Crippen LogP contribution >= 0.6 is 0 Å². The number of hydrogen-bond acceptors (Lipinski definition) is 5. The van der Waals surface area contributed by atoms with E-state index in [1.54, 1.807) is 12.1 Å². The molecule has 1 atom stereocenters. The summed E-state index contributed by atoms with van der Waals surface area (Å²) >= 11 is 0. The van der Waals surface area contributed by atoms with Crippen molar-refractivity contribution < 1.29 is 19.2 Å². The standard InChI is InChI=1S/C17H22N2O5/c1-24-17(21)15(18-16(20)13-5-3-2-4-6-13)11-12-7-9-14(10-8-12)19(22)23/h7-10,13,15H,2-6,11H2,1H3,(H,18,20)/t15-/m0/s1. The van der Waals surface area contributed by atoms with Crippen LogP contribution in [0.25, 0.3) is 0 Å². The first-order valence-electron chi connectivity index (χ1n) is 8.13. The molecule has 1 aliphatic rings. The molecule has 7 heteroatoms. The molecule has 0 unspecified atom stereocenters. The zero-order valence-corrected chi connectivity index (χ0v) is 13.7. The molecule has 24 heavy (non-hydrogen) atoms. The summed E-state index contributed by atoms with van der Waals surface area (Å²) in [5, 5.41) is 13.5. The molecule has 130 valence electrons. The molecule has 1 fully saturated rings. The summed E-state index contributed by atoms with van der Waals surface area (Å²) in [5.41, 5.74) is 0.708. The van der Waals surface area contributed by atoms with Gasteiger partial charge in [-0.2, -0.15) is 0 Å². The minimum absolute atomic E-state index is 0.0143. The highest BCUT2D eigenvalue weighted by Gasteiger charge is 2.27. The monoisotopic (exact) mass is 334 g/mol. The second-order valence-corrected chi connectivity index (χ2v) is 6.05. The van der Waals surface area contributed by atoms with Crippen molar-refractivity contribution in [2.75, 3.05) is 7.11 Å². The molecule has 1 saturated carbocycles. The van der Waals surface area contributed by atoms with E-state index >= 15 is 0 Å². The number of nitrogens with one attached hydrogen (secondary N) is 1. The first-order valence-corrected chi connectivity index (χ1v) is 8.13. The van der Waals surface area contributed by atoms with Crippen LogP contribution in [0.5, 0.6) is 0 Å². The zero-order chi connectivity index (χ0) is 17.5. The number of benzene rings is 1. The van der Waals surface area contributed by atoms with E-state index in [9.17, 15) is 19.7 Å². The third kappa shape index (κ3) is 4.78. The van der Waals surface area contributed by atoms with Crippen LogP contribution in [-0.4, -0.2) is 30.0 Å². The highest BCUT2D eigenvalue weighted by atomic mass is 16.6. The van der Waals surface area contributed by atoms with E-state index in [1.807, 2.05) is 0 Å². The van der Waals surface area contributed by atoms with E-state index in [0.29, 0.717) is 0 Å². The van der Waals surface area contributed by atoms with Crippen molar-refractivity contribution in [3.63, 3.8) is 0 Å². The molecule has 0 radical (unpaired) electrons. The lowest BCUT2D eigenvalue weighted by molar-refractivity contribution is -0.384. The van der Waals surface area contributed by atoms with Gasteiger partial charge in [-0.1, -0.05) is 31.4 Å². The normalized spacial score (nSPS) is 16.2. The Labute approximate surface area is 140 Å². The summed E-state index contributed by atoms with van der Waals surface area (Å²) in [6.07, 6.45) is 5.14. The van der Waals surface area contributed by atoms with Crippen molar-refractivity contribution in [2.24, 2.45) is 5.92 Å². The van der Waals surface area contributed by atoms with Crippen LogP contribution in [0.1, 0.15) is 37.7 Å². The van der Waals surface area contributed by atoms with Gasteiger partial charge in [-0.15, -0.1) is 0 Å². The minimum Gasteiger partial charge on any atom is -0.467 e. The number of rotatable bonds is 6. The van der Waals surface area contributed by atoms with Gasteiger partial charge < -0.3 is 10.1 Å². The second kappa shape index (κ2) is 8.42. The number of carbonyl (C=O) groups excluding carboxylic acids is 2. The van der Waals surface area contributed by atoms with E-state index in [2.05, 4.69) is 5.32 Å². The van der Waals surface area contributed by atoms with Crippen molar-refractivity contribution in [3.8, 4) is 0 Å². The Kier molecular flexibility index (Phi) is 6.28. The molecule has 0 spiro atoms. The predicted octanol–water partition coefficient (Wildman–Crippen LogP) is 2.38. The van der Waals surface area contributed by atoms with Gasteiger partial charge >= 0.3 is 5.97 Å². The Morgan fingerprint density at radius 3 is 2.42 bits per heavy atom. The maximum atomic E-state index is 12.4. The van der Waals surface area contributed by atoms with Gasteiger partial charge in [0.1, 0.15) is 6.04 Å². The van der Waals surface area contributed by atoms with E-state index < -0.39 is 16.9 Å². The summed E-state index contributed by atoms with van der Waals surface area (Å²) in [7, 11) is 1.28. The van der Waals surface area contributed by atoms with Crippen molar-refractivity contribution in [2.45, 2.75) is 44.6 Å². The Balaban J connectivity index is 2.03. The molecule has 1 aliphatic carbocycles. The van der Waals surface area contributed by atoms with Crippen LogP contribution in [0.4, 0.5) is 5.69 Å². The molecule has 0 heterocycles. The van der Waals surface area contributed by atoms with Crippen LogP contribution in [0, 0.1) is 16.0 Å². The zero-order valence-electron chi connectivity index (χ0n) is 13.7. The van der Waals surface area contributed by atoms with Gasteiger partial charge in [-0.3, -0.25) is 14.9 Å². The lowest BCUT2D eigenvalue weighted by Crippen LogP contribution is -2.45. The Hall–Kier alpha value is -2.44. The number of nitro benzene ring substituents is 1. The number of nitrogens with zero attached hydrogens (tertiary/aromatic N) is 1. The van der Waals surface area contributed by atoms with E-state index in [-0.39, 0.29) is 23.9 Å². The van der Waals surface area contributed by atoms with Crippen LogP contribution in [0.2, 0.25) is 0 Å². The summed E-state index contributed by atoms with van der Waals surface area (Å²) in [5.74, 6) is -0.688. The molecular weight excluding hydrogens is 312 g/mol. The van der Waals surface area contributed by atoms with Crippen molar-refractivity contribution in [1.82, 2.24) is 5.32 Å². The average molecular weight is 334 g/mol. The number of ether oxygens (including phenoxy) is 1. The molecule has 0 saturated heterocycles. The topological polar surface area (TPSA) is 98.5 Å². The lowest BCUT2D eigenvalue weighted by Gasteiger charge is -2.24. The van der Waals surface area contributed by atoms with Gasteiger partial charge in [0.2, 0.25) is 5.91 Å². The van der Waals surface area contributed by atoms with Crippen molar-refractivity contribution in [3.05, 3.63) is 39.9 Å². The van der Waals surface area contributed by atoms with Gasteiger partial charge in [0.15, 0.2) is 0 Å². The largest absolute Gasteiger partial charge is 0.467 e. The maximum Gasteiger partial charge on any atom is 0.328 e. The minimum atomic E-state index is -0.786. The molecular formula is C17H22N2O5. The molecule has 1 aromatic carbocycles. The summed E-state index contributed by atoms with van der Waals surface area (Å²) < 4.78 is 4.77. The molecule has 2 rings (SSSR count). The number of carbonyl (C=O) groups is 2. The molecule has 1 amide bonds. The first-order chi connectivity index (χ1) is 11.5. The highest BCUT2D eigenvalue weighted by Crippen LogP contribution is 2.24. The van der Waals surface area contributed by atoms with Gasteiger partial charge in [-0.25, -0.2) is 4.79 Å². The van der Waals surface area contributed by atoms with Gasteiger partial charge in [0.25, 0.3) is 5.69 Å². The highest BCUT2D eigenvalue weighted by molar-refractivity contribution is 5.86. The fraction of sp³-hybridized carbons (Fsp3) is 0.529. The maximum absolute atomic E-state index is 12.4. The number of hydrogen-bond donors (Lipinski definition) is 1. The number of nitro groups is 1. The number of non-ortho nitro benzene ring substituents is 1. The molecule has 7 nitrogen and oxygen atoms in total. The van der Waals surface area contributed by atoms with E-state index in [0.717, 1.165) is 37.7 Å². The second-order valence-electron chi connectivity index (χ2n) is 6.05. The van der Waals surface area contributed by atoms with Crippen LogP contribution in [0.3, 0.4) is 0 Å². The number of amides is 1. The van der Waals surface area contributed by atoms with Crippen molar-refractivity contribution >= 4 is 17.6 Å². The SMILES string of the molecule is COC(=O)[C@H](Cc1ccc([N+](=O)[O-])cc1)NC(=O)C1CCCCC1. The Bertz CT molecular complexity index is 594. The van der Waals surface area contributed by atoms with E-state index in [4.69, 9.17) is 4.74 Å². The smallest absolute Gasteiger partial charge is 0.328 e. The summed E-state index contributed by atoms with van der Waals surface area (Å²) in [6, 6.07) is 5.15. The predicted molar refractivity (Wildman–Crippen MR) is 87.3 cm³/mol. The third-order valence-electron chi connectivity index (χ3n) is 4.37. The number of methoxy groups -OCH3 is 1. The fourth-order valence-corrected chi connectivity index (χ4v) is 2.98. The lowest BCUT2D eigenvalue weighted by atomic mass is 9.88. The fourth-order valence-electron chi connectivity index (χ4n) is 2.98. The van der Waals surface area contributed by atoms with Crippen molar-refractivity contribution in [1.29, 1.82) is 0 Å². The molecule has 1 N–H and O–H groups in total.